The molecule has 0 aliphatic rings. The smallest absolute Gasteiger partial charge is 0.319 e. The number of benzene rings is 2. The van der Waals surface area contributed by atoms with Gasteiger partial charge in [0.15, 0.2) is 6.61 Å². The maximum Gasteiger partial charge on any atom is 0.319 e. The van der Waals surface area contributed by atoms with E-state index < -0.39 is 11.2 Å². The van der Waals surface area contributed by atoms with Crippen LogP contribution in [0.3, 0.4) is 0 Å². The van der Waals surface area contributed by atoms with E-state index in [-0.39, 0.29) is 12.5 Å². The van der Waals surface area contributed by atoms with Crippen molar-refractivity contribution in [2.45, 2.75) is 37.3 Å². The molecule has 2 aromatic rings. The summed E-state index contributed by atoms with van der Waals surface area (Å²) in [5.41, 5.74) is 2.83. The molecular formula is C20H22ClNO3S. The zero-order valence-electron chi connectivity index (χ0n) is 15.0. The summed E-state index contributed by atoms with van der Waals surface area (Å²) in [5, 5.41) is 3.06. The lowest BCUT2D eigenvalue weighted by Gasteiger charge is -2.14. The number of hydrogen-bond acceptors (Lipinski definition) is 4. The molecule has 0 aliphatic carbocycles. The fraction of sp³-hybridized carbons (Fsp3) is 0.300. The standard InChI is InChI=1S/C20H22ClNO3S/c1-4-15-7-5-6-13(2)19(15)22-18(23)12-25-20(24)14(3)26-17-10-8-16(21)9-11-17/h5-11,14H,4,12H2,1-3H3,(H,22,23)/t14-/m1/s1. The van der Waals surface area contributed by atoms with Crippen molar-refractivity contribution in [1.29, 1.82) is 0 Å². The average Bonchev–Trinajstić information content (AvgIpc) is 2.63. The van der Waals surface area contributed by atoms with Crippen molar-refractivity contribution in [3.63, 3.8) is 0 Å². The minimum atomic E-state index is -0.430. The van der Waals surface area contributed by atoms with Gasteiger partial charge in [0.25, 0.3) is 5.91 Å². The minimum Gasteiger partial charge on any atom is -0.455 e. The van der Waals surface area contributed by atoms with Crippen LogP contribution in [0.2, 0.25) is 5.02 Å². The van der Waals surface area contributed by atoms with Gasteiger partial charge in [-0.05, 0) is 55.7 Å². The van der Waals surface area contributed by atoms with Gasteiger partial charge in [0.2, 0.25) is 0 Å². The Hall–Kier alpha value is -1.98. The Labute approximate surface area is 163 Å². The molecule has 26 heavy (non-hydrogen) atoms. The van der Waals surface area contributed by atoms with Gasteiger partial charge >= 0.3 is 5.97 Å². The summed E-state index contributed by atoms with van der Waals surface area (Å²) in [6.45, 7) is 5.41. The lowest BCUT2D eigenvalue weighted by atomic mass is 10.1. The first kappa shape index (κ1) is 20.3. The first-order chi connectivity index (χ1) is 12.4. The van der Waals surface area contributed by atoms with Crippen LogP contribution in [-0.2, 0) is 20.7 Å². The molecule has 0 aliphatic heterocycles. The van der Waals surface area contributed by atoms with E-state index in [0.717, 1.165) is 28.1 Å². The molecule has 2 aromatic carbocycles. The van der Waals surface area contributed by atoms with E-state index in [9.17, 15) is 9.59 Å². The first-order valence-corrected chi connectivity index (χ1v) is 9.63. The SMILES string of the molecule is CCc1cccc(C)c1NC(=O)COC(=O)[C@@H](C)Sc1ccc(Cl)cc1. The normalized spacial score (nSPS) is 11.7. The molecule has 0 saturated carbocycles. The number of hydrogen-bond donors (Lipinski definition) is 1. The van der Waals surface area contributed by atoms with E-state index in [4.69, 9.17) is 16.3 Å². The first-order valence-electron chi connectivity index (χ1n) is 8.38. The molecule has 0 bridgehead atoms. The van der Waals surface area contributed by atoms with Crippen molar-refractivity contribution >= 4 is 40.9 Å². The third kappa shape index (κ3) is 5.78. The summed E-state index contributed by atoms with van der Waals surface area (Å²) in [5.74, 6) is -0.772. The molecule has 1 amide bonds. The highest BCUT2D eigenvalue weighted by molar-refractivity contribution is 8.00. The number of halogens is 1. The van der Waals surface area contributed by atoms with Crippen LogP contribution in [0.4, 0.5) is 5.69 Å². The predicted octanol–water partition coefficient (Wildman–Crippen LogP) is 4.87. The molecule has 138 valence electrons. The Morgan fingerprint density at radius 1 is 1.19 bits per heavy atom. The molecule has 6 heteroatoms. The van der Waals surface area contributed by atoms with E-state index >= 15 is 0 Å². The molecule has 0 spiro atoms. The second-order valence-corrected chi connectivity index (χ2v) is 7.68. The van der Waals surface area contributed by atoms with Gasteiger partial charge in [-0.3, -0.25) is 9.59 Å². The lowest BCUT2D eigenvalue weighted by molar-refractivity contribution is -0.146. The summed E-state index contributed by atoms with van der Waals surface area (Å²) < 4.78 is 5.15. The Morgan fingerprint density at radius 2 is 1.88 bits per heavy atom. The quantitative estimate of drug-likeness (QED) is 0.540. The fourth-order valence-corrected chi connectivity index (χ4v) is 3.39. The van der Waals surface area contributed by atoms with Crippen molar-refractivity contribution in [3.05, 3.63) is 58.6 Å². The molecule has 0 aromatic heterocycles. The predicted molar refractivity (Wildman–Crippen MR) is 107 cm³/mol. The minimum absolute atomic E-state index is 0.304. The van der Waals surface area contributed by atoms with Crippen LogP contribution >= 0.6 is 23.4 Å². The number of amides is 1. The van der Waals surface area contributed by atoms with Gasteiger partial charge in [0, 0.05) is 15.6 Å². The Bertz CT molecular complexity index is 777. The topological polar surface area (TPSA) is 55.4 Å². The largest absolute Gasteiger partial charge is 0.455 e. The Balaban J connectivity index is 1.86. The molecule has 0 heterocycles. The van der Waals surface area contributed by atoms with Crippen molar-refractivity contribution in [2.24, 2.45) is 0 Å². The molecule has 0 saturated heterocycles. The van der Waals surface area contributed by atoms with Gasteiger partial charge in [0.1, 0.15) is 5.25 Å². The zero-order chi connectivity index (χ0) is 19.1. The molecule has 1 N–H and O–H groups in total. The fourth-order valence-electron chi connectivity index (χ4n) is 2.40. The highest BCUT2D eigenvalue weighted by Gasteiger charge is 2.18. The Kier molecular flexibility index (Phi) is 7.54. The molecule has 2 rings (SSSR count). The third-order valence-corrected chi connectivity index (χ3v) is 5.15. The number of carbonyl (C=O) groups is 2. The molecule has 0 fully saturated rings. The number of rotatable bonds is 7. The molecule has 0 unspecified atom stereocenters. The summed E-state index contributed by atoms with van der Waals surface area (Å²) >= 11 is 7.21. The summed E-state index contributed by atoms with van der Waals surface area (Å²) in [6.07, 6.45) is 0.811. The van der Waals surface area contributed by atoms with Crippen LogP contribution in [0, 0.1) is 6.92 Å². The molecular weight excluding hydrogens is 370 g/mol. The number of ether oxygens (including phenoxy) is 1. The van der Waals surface area contributed by atoms with E-state index in [1.54, 1.807) is 19.1 Å². The number of anilines is 1. The van der Waals surface area contributed by atoms with Crippen LogP contribution in [0.25, 0.3) is 0 Å². The molecule has 4 nitrogen and oxygen atoms in total. The number of aryl methyl sites for hydroxylation is 2. The second-order valence-electron chi connectivity index (χ2n) is 5.83. The van der Waals surface area contributed by atoms with E-state index in [0.29, 0.717) is 5.02 Å². The summed E-state index contributed by atoms with van der Waals surface area (Å²) in [6, 6.07) is 13.1. The van der Waals surface area contributed by atoms with Crippen LogP contribution in [0.1, 0.15) is 25.0 Å². The molecule has 0 radical (unpaired) electrons. The van der Waals surface area contributed by atoms with E-state index in [2.05, 4.69) is 5.32 Å². The maximum atomic E-state index is 12.1. The van der Waals surface area contributed by atoms with Crippen molar-refractivity contribution in [3.8, 4) is 0 Å². The highest BCUT2D eigenvalue weighted by atomic mass is 35.5. The number of nitrogens with one attached hydrogen (secondary N) is 1. The molecule has 1 atom stereocenters. The lowest BCUT2D eigenvalue weighted by Crippen LogP contribution is -2.25. The summed E-state index contributed by atoms with van der Waals surface area (Å²) in [7, 11) is 0. The second kappa shape index (κ2) is 9.64. The van der Waals surface area contributed by atoms with Crippen molar-refractivity contribution in [2.75, 3.05) is 11.9 Å². The highest BCUT2D eigenvalue weighted by Crippen LogP contribution is 2.25. The third-order valence-electron chi connectivity index (χ3n) is 3.81. The van der Waals surface area contributed by atoms with Crippen molar-refractivity contribution < 1.29 is 14.3 Å². The van der Waals surface area contributed by atoms with E-state index in [1.165, 1.54) is 11.8 Å². The van der Waals surface area contributed by atoms with Gasteiger partial charge < -0.3 is 10.1 Å². The summed E-state index contributed by atoms with van der Waals surface area (Å²) in [4.78, 5) is 25.2. The Morgan fingerprint density at radius 3 is 2.54 bits per heavy atom. The zero-order valence-corrected chi connectivity index (χ0v) is 16.6. The van der Waals surface area contributed by atoms with Crippen LogP contribution in [-0.4, -0.2) is 23.7 Å². The van der Waals surface area contributed by atoms with Crippen molar-refractivity contribution in [1.82, 2.24) is 0 Å². The van der Waals surface area contributed by atoms with Gasteiger partial charge in [-0.1, -0.05) is 36.7 Å². The van der Waals surface area contributed by atoms with Crippen LogP contribution in [0.5, 0.6) is 0 Å². The number of thioether (sulfide) groups is 1. The maximum absolute atomic E-state index is 12.1. The van der Waals surface area contributed by atoms with Gasteiger partial charge in [-0.15, -0.1) is 11.8 Å². The van der Waals surface area contributed by atoms with Crippen LogP contribution < -0.4 is 5.32 Å². The number of carbonyl (C=O) groups excluding carboxylic acids is 2. The van der Waals surface area contributed by atoms with Gasteiger partial charge in [-0.25, -0.2) is 0 Å². The van der Waals surface area contributed by atoms with Crippen LogP contribution in [0.15, 0.2) is 47.4 Å². The van der Waals surface area contributed by atoms with Gasteiger partial charge in [0.05, 0.1) is 0 Å². The number of para-hydroxylation sites is 1. The number of esters is 1. The monoisotopic (exact) mass is 391 g/mol. The van der Waals surface area contributed by atoms with Gasteiger partial charge in [-0.2, -0.15) is 0 Å². The average molecular weight is 392 g/mol. The van der Waals surface area contributed by atoms with E-state index in [1.807, 2.05) is 44.2 Å².